The summed E-state index contributed by atoms with van der Waals surface area (Å²) in [6.45, 7) is 4.50. The normalized spacial score (nSPS) is 20.1. The van der Waals surface area contributed by atoms with E-state index in [-0.39, 0.29) is 34.9 Å². The van der Waals surface area contributed by atoms with E-state index in [4.69, 9.17) is 14.2 Å². The van der Waals surface area contributed by atoms with Gasteiger partial charge in [-0.1, -0.05) is 0 Å². The van der Waals surface area contributed by atoms with Gasteiger partial charge in [0.05, 0.1) is 36.9 Å². The lowest BCUT2D eigenvalue weighted by Gasteiger charge is -2.17. The van der Waals surface area contributed by atoms with Gasteiger partial charge in [0.1, 0.15) is 5.56 Å². The fourth-order valence-corrected chi connectivity index (χ4v) is 2.48. The highest BCUT2D eigenvalue weighted by molar-refractivity contribution is 5.99. The highest BCUT2D eigenvalue weighted by Gasteiger charge is 2.30. The molecule has 1 aromatic rings. The van der Waals surface area contributed by atoms with Crippen LogP contribution in [0.5, 0.6) is 11.5 Å². The predicted octanol–water partition coefficient (Wildman–Crippen LogP) is 1.91. The summed E-state index contributed by atoms with van der Waals surface area (Å²) in [4.78, 5) is 23.1. The van der Waals surface area contributed by atoms with Crippen molar-refractivity contribution >= 4 is 11.6 Å². The fourth-order valence-electron chi connectivity index (χ4n) is 2.48. The van der Waals surface area contributed by atoms with E-state index in [1.165, 1.54) is 19.2 Å². The van der Waals surface area contributed by atoms with Gasteiger partial charge in [0.25, 0.3) is 11.6 Å². The van der Waals surface area contributed by atoms with Gasteiger partial charge in [-0.15, -0.1) is 0 Å². The van der Waals surface area contributed by atoms with Crippen molar-refractivity contribution in [1.82, 2.24) is 5.32 Å². The van der Waals surface area contributed by atoms with Crippen LogP contribution in [0.3, 0.4) is 0 Å². The monoisotopic (exact) mass is 324 g/mol. The highest BCUT2D eigenvalue weighted by atomic mass is 16.6. The minimum absolute atomic E-state index is 0.0607. The molecule has 0 aliphatic carbocycles. The Labute approximate surface area is 133 Å². The third-order valence-corrected chi connectivity index (χ3v) is 3.72. The van der Waals surface area contributed by atoms with Crippen LogP contribution in [0.25, 0.3) is 0 Å². The quantitative estimate of drug-likeness (QED) is 0.634. The largest absolute Gasteiger partial charge is 0.493 e. The second kappa shape index (κ2) is 7.28. The lowest BCUT2D eigenvalue weighted by atomic mass is 10.1. The Morgan fingerprint density at radius 1 is 1.48 bits per heavy atom. The number of nitrogens with one attached hydrogen (secondary N) is 1. The molecule has 0 unspecified atom stereocenters. The molecule has 8 nitrogen and oxygen atoms in total. The lowest BCUT2D eigenvalue weighted by molar-refractivity contribution is -0.385. The van der Waals surface area contributed by atoms with Gasteiger partial charge in [0, 0.05) is 12.7 Å². The highest BCUT2D eigenvalue weighted by Crippen LogP contribution is 2.35. The number of amides is 1. The molecule has 1 N–H and O–H groups in total. The van der Waals surface area contributed by atoms with Crippen LogP contribution in [-0.4, -0.2) is 43.3 Å². The molecular formula is C15H20N2O6. The van der Waals surface area contributed by atoms with Gasteiger partial charge in [-0.05, 0) is 20.3 Å². The lowest BCUT2D eigenvalue weighted by Crippen LogP contribution is -2.39. The summed E-state index contributed by atoms with van der Waals surface area (Å²) in [7, 11) is 1.41. The molecule has 0 spiro atoms. The Bertz CT molecular complexity index is 604. The molecule has 0 aromatic heterocycles. The van der Waals surface area contributed by atoms with E-state index < -0.39 is 10.8 Å². The molecular weight excluding hydrogens is 304 g/mol. The van der Waals surface area contributed by atoms with Crippen molar-refractivity contribution < 1.29 is 23.9 Å². The molecule has 0 saturated carbocycles. The first-order valence-electron chi connectivity index (χ1n) is 7.39. The van der Waals surface area contributed by atoms with Crippen molar-refractivity contribution in [3.05, 3.63) is 27.8 Å². The average molecular weight is 324 g/mol. The summed E-state index contributed by atoms with van der Waals surface area (Å²) in [5.74, 6) is -0.0189. The van der Waals surface area contributed by atoms with E-state index in [1.54, 1.807) is 6.92 Å². The summed E-state index contributed by atoms with van der Waals surface area (Å²) in [5.41, 5.74) is -0.382. The minimum Gasteiger partial charge on any atom is -0.493 e. The number of carbonyl (C=O) groups is 1. The number of methoxy groups -OCH3 is 1. The maximum Gasteiger partial charge on any atom is 0.286 e. The fraction of sp³-hybridized carbons (Fsp3) is 0.533. The number of hydrogen-bond acceptors (Lipinski definition) is 6. The Kier molecular flexibility index (Phi) is 5.38. The Hall–Kier alpha value is -2.35. The van der Waals surface area contributed by atoms with Crippen molar-refractivity contribution in [2.45, 2.75) is 32.4 Å². The van der Waals surface area contributed by atoms with Gasteiger partial charge in [-0.25, -0.2) is 0 Å². The second-order valence-corrected chi connectivity index (χ2v) is 5.15. The molecule has 2 rings (SSSR count). The van der Waals surface area contributed by atoms with Gasteiger partial charge in [0.15, 0.2) is 11.5 Å². The van der Waals surface area contributed by atoms with Crippen molar-refractivity contribution in [1.29, 1.82) is 0 Å². The van der Waals surface area contributed by atoms with Crippen molar-refractivity contribution in [3.63, 3.8) is 0 Å². The van der Waals surface area contributed by atoms with Crippen molar-refractivity contribution in [2.24, 2.45) is 0 Å². The van der Waals surface area contributed by atoms with Gasteiger partial charge in [-0.3, -0.25) is 14.9 Å². The molecule has 1 fully saturated rings. The molecule has 0 bridgehead atoms. The van der Waals surface area contributed by atoms with Gasteiger partial charge in [-0.2, -0.15) is 0 Å². The van der Waals surface area contributed by atoms with Crippen LogP contribution >= 0.6 is 0 Å². The van der Waals surface area contributed by atoms with Crippen LogP contribution in [-0.2, 0) is 4.74 Å². The second-order valence-electron chi connectivity index (χ2n) is 5.15. The van der Waals surface area contributed by atoms with Gasteiger partial charge >= 0.3 is 0 Å². The molecule has 1 aromatic carbocycles. The smallest absolute Gasteiger partial charge is 0.286 e. The van der Waals surface area contributed by atoms with Gasteiger partial charge in [0.2, 0.25) is 0 Å². The van der Waals surface area contributed by atoms with Crippen LogP contribution < -0.4 is 14.8 Å². The number of carbonyl (C=O) groups excluding carboxylic acids is 1. The Morgan fingerprint density at radius 2 is 2.22 bits per heavy atom. The Morgan fingerprint density at radius 3 is 2.74 bits per heavy atom. The summed E-state index contributed by atoms with van der Waals surface area (Å²) in [5, 5.41) is 14.1. The van der Waals surface area contributed by atoms with E-state index in [2.05, 4.69) is 5.32 Å². The number of ether oxygens (including phenoxy) is 3. The molecule has 1 heterocycles. The summed E-state index contributed by atoms with van der Waals surface area (Å²) in [6.07, 6.45) is 0.553. The standard InChI is InChI=1S/C15H20N2O6/c1-4-22-14-8-12(17(19)20)10(7-13(14)21-3)15(18)16-11-5-6-23-9(11)2/h7-9,11H,4-6H2,1-3H3,(H,16,18)/t9-,11-/m0/s1. The van der Waals surface area contributed by atoms with Crippen LogP contribution in [0.4, 0.5) is 5.69 Å². The SMILES string of the molecule is CCOc1cc([N+](=O)[O-])c(C(=O)N[C@H]2CCO[C@H]2C)cc1OC. The number of benzene rings is 1. The maximum atomic E-state index is 12.4. The molecule has 126 valence electrons. The zero-order valence-corrected chi connectivity index (χ0v) is 13.3. The first kappa shape index (κ1) is 17.0. The van der Waals surface area contributed by atoms with Crippen molar-refractivity contribution in [3.8, 4) is 11.5 Å². The third kappa shape index (κ3) is 3.70. The Balaban J connectivity index is 2.35. The zero-order valence-electron chi connectivity index (χ0n) is 13.3. The van der Waals surface area contributed by atoms with Crippen LogP contribution in [0.1, 0.15) is 30.6 Å². The van der Waals surface area contributed by atoms with Crippen LogP contribution in [0.15, 0.2) is 12.1 Å². The van der Waals surface area contributed by atoms with E-state index in [0.717, 1.165) is 0 Å². The first-order valence-corrected chi connectivity index (χ1v) is 7.39. The van der Waals surface area contributed by atoms with Crippen LogP contribution in [0, 0.1) is 10.1 Å². The predicted molar refractivity (Wildman–Crippen MR) is 82.1 cm³/mol. The zero-order chi connectivity index (χ0) is 17.0. The van der Waals surface area contributed by atoms with Crippen molar-refractivity contribution in [2.75, 3.05) is 20.3 Å². The molecule has 1 saturated heterocycles. The number of nitrogens with zero attached hydrogens (tertiary/aromatic N) is 1. The number of rotatable bonds is 6. The summed E-state index contributed by atoms with van der Waals surface area (Å²) >= 11 is 0. The molecule has 23 heavy (non-hydrogen) atoms. The molecule has 1 aliphatic heterocycles. The maximum absolute atomic E-state index is 12.4. The molecule has 2 atom stereocenters. The molecule has 1 aliphatic rings. The number of nitro benzene ring substituents is 1. The average Bonchev–Trinajstić information content (AvgIpc) is 2.92. The van der Waals surface area contributed by atoms with E-state index in [9.17, 15) is 14.9 Å². The van der Waals surface area contributed by atoms with Crippen LogP contribution in [0.2, 0.25) is 0 Å². The number of hydrogen-bond donors (Lipinski definition) is 1. The first-order chi connectivity index (χ1) is 11.0. The van der Waals surface area contributed by atoms with E-state index in [0.29, 0.717) is 19.6 Å². The molecule has 1 amide bonds. The summed E-state index contributed by atoms with van der Waals surface area (Å²) < 4.78 is 15.9. The summed E-state index contributed by atoms with van der Waals surface area (Å²) in [6, 6.07) is 2.38. The number of nitro groups is 1. The molecule has 8 heteroatoms. The molecule has 0 radical (unpaired) electrons. The van der Waals surface area contributed by atoms with E-state index in [1.807, 2.05) is 6.92 Å². The minimum atomic E-state index is -0.606. The van der Waals surface area contributed by atoms with Gasteiger partial charge < -0.3 is 19.5 Å². The third-order valence-electron chi connectivity index (χ3n) is 3.72. The topological polar surface area (TPSA) is 99.9 Å². The van der Waals surface area contributed by atoms with E-state index >= 15 is 0 Å².